The summed E-state index contributed by atoms with van der Waals surface area (Å²) < 4.78 is 0. The van der Waals surface area contributed by atoms with Crippen molar-refractivity contribution in [3.05, 3.63) is 29.8 Å². The quantitative estimate of drug-likeness (QED) is 0.472. The lowest BCUT2D eigenvalue weighted by Crippen LogP contribution is -2.45. The van der Waals surface area contributed by atoms with E-state index < -0.39 is 0 Å². The average molecular weight is 246 g/mol. The molecule has 0 fully saturated rings. The predicted octanol–water partition coefficient (Wildman–Crippen LogP) is 1.01. The van der Waals surface area contributed by atoms with Crippen LogP contribution in [-0.2, 0) is 4.79 Å². The summed E-state index contributed by atoms with van der Waals surface area (Å²) in [5.41, 5.74) is 3.55. The Hall–Kier alpha value is -2.06. The van der Waals surface area contributed by atoms with Gasteiger partial charge >= 0.3 is 0 Å². The van der Waals surface area contributed by atoms with Gasteiger partial charge in [-0.2, -0.15) is 5.26 Å². The van der Waals surface area contributed by atoms with Crippen molar-refractivity contribution < 1.29 is 4.79 Å². The second-order valence-electron chi connectivity index (χ2n) is 4.28. The largest absolute Gasteiger partial charge is 0.370 e. The molecule has 2 unspecified atom stereocenters. The number of carbonyl (C=O) groups is 1. The van der Waals surface area contributed by atoms with Crippen molar-refractivity contribution in [2.45, 2.75) is 19.9 Å². The summed E-state index contributed by atoms with van der Waals surface area (Å²) in [6.45, 7) is 3.73. The first-order chi connectivity index (χ1) is 8.52. The minimum absolute atomic E-state index is 0.0666. The van der Waals surface area contributed by atoms with Crippen LogP contribution in [0.25, 0.3) is 0 Å². The van der Waals surface area contributed by atoms with Gasteiger partial charge in [-0.25, -0.2) is 5.84 Å². The maximum Gasteiger partial charge on any atom is 0.238 e. The number of anilines is 1. The summed E-state index contributed by atoms with van der Waals surface area (Å²) >= 11 is 0. The topological polar surface area (TPSA) is 82.2 Å². The highest BCUT2D eigenvalue weighted by Gasteiger charge is 2.24. The van der Waals surface area contributed by atoms with Crippen molar-refractivity contribution in [3.63, 3.8) is 0 Å². The van der Waals surface area contributed by atoms with Gasteiger partial charge in [-0.15, -0.1) is 0 Å². The van der Waals surface area contributed by atoms with E-state index in [2.05, 4.69) is 11.5 Å². The number of nitriles is 1. The molecule has 3 N–H and O–H groups in total. The normalized spacial score (nSPS) is 13.3. The first-order valence-corrected chi connectivity index (χ1v) is 5.75. The molecule has 96 valence electrons. The third kappa shape index (κ3) is 2.79. The number of para-hydroxylation sites is 1. The number of carbonyl (C=O) groups excluding carboxylic acids is 1. The third-order valence-corrected chi connectivity index (χ3v) is 3.29. The minimum atomic E-state index is -0.272. The molecular weight excluding hydrogens is 228 g/mol. The maximum atomic E-state index is 11.5. The van der Waals surface area contributed by atoms with Gasteiger partial charge in [0, 0.05) is 13.1 Å². The molecule has 0 saturated heterocycles. The third-order valence-electron chi connectivity index (χ3n) is 3.29. The molecular formula is C13H18N4O. The van der Waals surface area contributed by atoms with E-state index in [0.29, 0.717) is 5.56 Å². The van der Waals surface area contributed by atoms with Gasteiger partial charge in [-0.3, -0.25) is 10.2 Å². The number of nitrogens with one attached hydrogen (secondary N) is 1. The molecule has 18 heavy (non-hydrogen) atoms. The molecule has 0 saturated carbocycles. The number of nitrogens with zero attached hydrogens (tertiary/aromatic N) is 2. The van der Waals surface area contributed by atoms with Crippen LogP contribution in [0.3, 0.4) is 0 Å². The van der Waals surface area contributed by atoms with Crippen molar-refractivity contribution in [1.29, 1.82) is 5.26 Å². The van der Waals surface area contributed by atoms with Gasteiger partial charge in [-0.1, -0.05) is 19.1 Å². The molecule has 0 heterocycles. The smallest absolute Gasteiger partial charge is 0.238 e. The van der Waals surface area contributed by atoms with Crippen molar-refractivity contribution >= 4 is 11.6 Å². The van der Waals surface area contributed by atoms with Gasteiger partial charge in [0.1, 0.15) is 6.07 Å². The van der Waals surface area contributed by atoms with Crippen LogP contribution in [-0.4, -0.2) is 19.0 Å². The second-order valence-corrected chi connectivity index (χ2v) is 4.28. The SMILES string of the molecule is CC(C(=O)NN)C(C)N(C)c1ccccc1C#N. The van der Waals surface area contributed by atoms with E-state index in [1.807, 2.05) is 37.1 Å². The standard InChI is InChI=1S/C13H18N4O/c1-9(13(18)16-15)10(2)17(3)12-7-5-4-6-11(12)8-14/h4-7,9-10H,15H2,1-3H3,(H,16,18). The monoisotopic (exact) mass is 246 g/mol. The Morgan fingerprint density at radius 2 is 2.06 bits per heavy atom. The van der Waals surface area contributed by atoms with E-state index in [1.54, 1.807) is 13.0 Å². The molecule has 5 nitrogen and oxygen atoms in total. The Kier molecular flexibility index (Phi) is 4.69. The molecule has 0 aliphatic heterocycles. The van der Waals surface area contributed by atoms with Gasteiger partial charge in [0.25, 0.3) is 0 Å². The molecule has 1 amide bonds. The van der Waals surface area contributed by atoms with Crippen LogP contribution in [0.1, 0.15) is 19.4 Å². The van der Waals surface area contributed by atoms with Crippen molar-refractivity contribution in [2.75, 3.05) is 11.9 Å². The Balaban J connectivity index is 2.97. The van der Waals surface area contributed by atoms with E-state index in [4.69, 9.17) is 11.1 Å². The molecule has 5 heteroatoms. The molecule has 0 radical (unpaired) electrons. The summed E-state index contributed by atoms with van der Waals surface area (Å²) in [5.74, 6) is 4.65. The van der Waals surface area contributed by atoms with Crippen LogP contribution in [0.5, 0.6) is 0 Å². The zero-order valence-corrected chi connectivity index (χ0v) is 10.8. The molecule has 0 aromatic heterocycles. The van der Waals surface area contributed by atoms with Gasteiger partial charge < -0.3 is 4.90 Å². The molecule has 0 aliphatic rings. The van der Waals surface area contributed by atoms with E-state index in [-0.39, 0.29) is 17.9 Å². The highest BCUT2D eigenvalue weighted by atomic mass is 16.2. The van der Waals surface area contributed by atoms with Crippen molar-refractivity contribution in [1.82, 2.24) is 5.43 Å². The van der Waals surface area contributed by atoms with Crippen LogP contribution in [0.15, 0.2) is 24.3 Å². The summed E-state index contributed by atoms with van der Waals surface area (Å²) in [6.07, 6.45) is 0. The van der Waals surface area contributed by atoms with Crippen LogP contribution < -0.4 is 16.2 Å². The number of hydrogen-bond acceptors (Lipinski definition) is 4. The number of nitrogens with two attached hydrogens (primary N) is 1. The fraction of sp³-hybridized carbons (Fsp3) is 0.385. The molecule has 0 aliphatic carbocycles. The number of rotatable bonds is 4. The Bertz CT molecular complexity index is 466. The van der Waals surface area contributed by atoms with Crippen LogP contribution >= 0.6 is 0 Å². The molecule has 0 bridgehead atoms. The molecule has 0 spiro atoms. The van der Waals surface area contributed by atoms with Crippen LogP contribution in [0.4, 0.5) is 5.69 Å². The summed E-state index contributed by atoms with van der Waals surface area (Å²) in [4.78, 5) is 13.4. The lowest BCUT2D eigenvalue weighted by atomic mass is 10.0. The van der Waals surface area contributed by atoms with Crippen LogP contribution in [0.2, 0.25) is 0 Å². The number of hydrogen-bond donors (Lipinski definition) is 2. The fourth-order valence-corrected chi connectivity index (χ4v) is 1.78. The molecule has 1 aromatic rings. The first-order valence-electron chi connectivity index (χ1n) is 5.75. The Labute approximate surface area is 107 Å². The summed E-state index contributed by atoms with van der Waals surface area (Å²) in [6, 6.07) is 9.38. The van der Waals surface area contributed by atoms with Crippen molar-refractivity contribution in [3.8, 4) is 6.07 Å². The van der Waals surface area contributed by atoms with Crippen molar-refractivity contribution in [2.24, 2.45) is 11.8 Å². The summed E-state index contributed by atoms with van der Waals surface area (Å²) in [7, 11) is 1.86. The summed E-state index contributed by atoms with van der Waals surface area (Å²) in [5, 5.41) is 9.07. The maximum absolute atomic E-state index is 11.5. The van der Waals surface area contributed by atoms with Gasteiger partial charge in [-0.05, 0) is 19.1 Å². The fourth-order valence-electron chi connectivity index (χ4n) is 1.78. The molecule has 1 rings (SSSR count). The van der Waals surface area contributed by atoms with Gasteiger partial charge in [0.05, 0.1) is 17.2 Å². The number of benzene rings is 1. The minimum Gasteiger partial charge on any atom is -0.370 e. The molecule has 1 aromatic carbocycles. The predicted molar refractivity (Wildman–Crippen MR) is 70.5 cm³/mol. The van der Waals surface area contributed by atoms with Gasteiger partial charge in [0.15, 0.2) is 0 Å². The number of amides is 1. The highest BCUT2D eigenvalue weighted by molar-refractivity contribution is 5.79. The zero-order valence-electron chi connectivity index (χ0n) is 10.8. The van der Waals surface area contributed by atoms with E-state index in [0.717, 1.165) is 5.69 Å². The van der Waals surface area contributed by atoms with E-state index in [1.165, 1.54) is 0 Å². The Morgan fingerprint density at radius 3 is 2.61 bits per heavy atom. The Morgan fingerprint density at radius 1 is 1.44 bits per heavy atom. The second kappa shape index (κ2) is 6.03. The lowest BCUT2D eigenvalue weighted by Gasteiger charge is -2.31. The number of hydrazine groups is 1. The van der Waals surface area contributed by atoms with E-state index >= 15 is 0 Å². The zero-order chi connectivity index (χ0) is 13.7. The van der Waals surface area contributed by atoms with Crippen LogP contribution in [0, 0.1) is 17.2 Å². The first kappa shape index (κ1) is 14.0. The highest BCUT2D eigenvalue weighted by Crippen LogP contribution is 2.23. The van der Waals surface area contributed by atoms with Gasteiger partial charge in [0.2, 0.25) is 5.91 Å². The average Bonchev–Trinajstić information content (AvgIpc) is 2.43. The molecule has 2 atom stereocenters. The lowest BCUT2D eigenvalue weighted by molar-refractivity contribution is -0.125. The van der Waals surface area contributed by atoms with E-state index in [9.17, 15) is 4.79 Å².